The van der Waals surface area contributed by atoms with E-state index in [-0.39, 0.29) is 36.5 Å². The van der Waals surface area contributed by atoms with Crippen LogP contribution in [0.1, 0.15) is 92.9 Å². The monoisotopic (exact) mass is 430 g/mol. The van der Waals surface area contributed by atoms with Gasteiger partial charge in [0, 0.05) is 12.1 Å². The Morgan fingerprint density at radius 3 is 1.13 bits per heavy atom. The lowest BCUT2D eigenvalue weighted by Gasteiger charge is -2.27. The van der Waals surface area contributed by atoms with E-state index in [1.165, 1.54) is 0 Å². The number of hydrogen-bond donors (Lipinski definition) is 4. The summed E-state index contributed by atoms with van der Waals surface area (Å²) >= 11 is 0. The van der Waals surface area contributed by atoms with Gasteiger partial charge >= 0.3 is 12.2 Å². The van der Waals surface area contributed by atoms with Gasteiger partial charge in [0.2, 0.25) is 0 Å². The Morgan fingerprint density at radius 1 is 0.633 bits per heavy atom. The second-order valence-electron chi connectivity index (χ2n) is 10.3. The first kappa shape index (κ1) is 26.5. The highest BCUT2D eigenvalue weighted by Crippen LogP contribution is 2.20. The van der Waals surface area contributed by atoms with Crippen LogP contribution >= 0.6 is 0 Å². The van der Waals surface area contributed by atoms with Crippen LogP contribution in [0, 0.1) is 0 Å². The van der Waals surface area contributed by atoms with E-state index in [0.717, 1.165) is 51.4 Å². The minimum atomic E-state index is -0.446. The molecule has 2 amide bonds. The van der Waals surface area contributed by atoms with Gasteiger partial charge in [-0.15, -0.1) is 0 Å². The molecule has 0 aromatic heterocycles. The molecular weight excluding hydrogens is 388 g/mol. The van der Waals surface area contributed by atoms with Crippen LogP contribution in [0.4, 0.5) is 9.59 Å². The lowest BCUT2D eigenvalue weighted by atomic mass is 9.93. The van der Waals surface area contributed by atoms with Crippen LogP contribution < -0.4 is 10.6 Å². The Bertz CT molecular complexity index is 477. The molecule has 0 atom stereocenters. The van der Waals surface area contributed by atoms with Crippen molar-refractivity contribution in [2.45, 2.75) is 128 Å². The molecule has 0 aromatic rings. The molecule has 2 saturated carbocycles. The lowest BCUT2D eigenvalue weighted by molar-refractivity contribution is 0.0451. The summed E-state index contributed by atoms with van der Waals surface area (Å²) in [4.78, 5) is 22.8. The van der Waals surface area contributed by atoms with E-state index in [2.05, 4.69) is 10.6 Å². The zero-order valence-corrected chi connectivity index (χ0v) is 19.5. The maximum Gasteiger partial charge on any atom is 0.407 e. The fourth-order valence-corrected chi connectivity index (χ4v) is 3.39. The molecule has 0 radical (unpaired) electrons. The van der Waals surface area contributed by atoms with E-state index in [9.17, 15) is 19.8 Å². The summed E-state index contributed by atoms with van der Waals surface area (Å²) in [6.45, 7) is 11.1. The first-order valence-corrected chi connectivity index (χ1v) is 11.1. The van der Waals surface area contributed by atoms with Gasteiger partial charge in [-0.3, -0.25) is 0 Å². The van der Waals surface area contributed by atoms with Gasteiger partial charge in [0.25, 0.3) is 0 Å². The average Bonchev–Trinajstić information content (AvgIpc) is 2.56. The standard InChI is InChI=1S/2C11H21NO3/c2*1-11(2,3)15-10(14)12-8-4-6-9(13)7-5-8/h2*8-9,13H,4-7H2,1-3H3,(H,12,14). The van der Waals surface area contributed by atoms with Crippen molar-refractivity contribution in [3.63, 3.8) is 0 Å². The summed E-state index contributed by atoms with van der Waals surface area (Å²) in [6.07, 6.45) is 5.29. The zero-order valence-electron chi connectivity index (χ0n) is 19.5. The van der Waals surface area contributed by atoms with Crippen LogP contribution in [0.15, 0.2) is 0 Å². The van der Waals surface area contributed by atoms with E-state index in [1.807, 2.05) is 41.5 Å². The second kappa shape index (κ2) is 11.7. The third-order valence-electron chi connectivity index (χ3n) is 4.84. The van der Waals surface area contributed by atoms with Crippen LogP contribution in [-0.2, 0) is 9.47 Å². The van der Waals surface area contributed by atoms with Crippen LogP contribution in [0.3, 0.4) is 0 Å². The Labute approximate surface area is 181 Å². The molecule has 8 nitrogen and oxygen atoms in total. The predicted octanol–water partition coefficient (Wildman–Crippen LogP) is 3.63. The van der Waals surface area contributed by atoms with Crippen LogP contribution in [0.25, 0.3) is 0 Å². The maximum atomic E-state index is 11.4. The highest BCUT2D eigenvalue weighted by molar-refractivity contribution is 5.68. The number of rotatable bonds is 2. The van der Waals surface area contributed by atoms with Crippen LogP contribution in [0.5, 0.6) is 0 Å². The van der Waals surface area contributed by atoms with Crippen LogP contribution in [0.2, 0.25) is 0 Å². The van der Waals surface area contributed by atoms with Gasteiger partial charge in [-0.25, -0.2) is 9.59 Å². The van der Waals surface area contributed by atoms with Gasteiger partial charge < -0.3 is 30.3 Å². The molecular formula is C22H42N2O6. The highest BCUT2D eigenvalue weighted by atomic mass is 16.6. The molecule has 4 N–H and O–H groups in total. The molecule has 0 saturated heterocycles. The number of amides is 2. The molecule has 0 bridgehead atoms. The summed E-state index contributed by atoms with van der Waals surface area (Å²) < 4.78 is 10.3. The molecule has 0 spiro atoms. The molecule has 0 heterocycles. The lowest BCUT2D eigenvalue weighted by Crippen LogP contribution is -2.41. The van der Waals surface area contributed by atoms with Crippen molar-refractivity contribution in [3.8, 4) is 0 Å². The normalized spacial score (nSPS) is 27.2. The molecule has 30 heavy (non-hydrogen) atoms. The minimum Gasteiger partial charge on any atom is -0.444 e. The van der Waals surface area contributed by atoms with Crippen molar-refractivity contribution in [3.05, 3.63) is 0 Å². The van der Waals surface area contributed by atoms with E-state index >= 15 is 0 Å². The predicted molar refractivity (Wildman–Crippen MR) is 115 cm³/mol. The minimum absolute atomic E-state index is 0.156. The Hall–Kier alpha value is -1.54. The van der Waals surface area contributed by atoms with Crippen molar-refractivity contribution in [1.82, 2.24) is 10.6 Å². The molecule has 0 unspecified atom stereocenters. The van der Waals surface area contributed by atoms with Gasteiger partial charge in [-0.05, 0) is 92.9 Å². The van der Waals surface area contributed by atoms with Crippen LogP contribution in [-0.4, -0.2) is 57.9 Å². The SMILES string of the molecule is CC(C)(C)OC(=O)NC1CCC(O)CC1.CC(C)(C)OC(=O)NC1CCC(O)CC1. The number of aliphatic hydroxyl groups is 2. The molecule has 2 aliphatic carbocycles. The Morgan fingerprint density at radius 2 is 0.900 bits per heavy atom. The third-order valence-corrected chi connectivity index (χ3v) is 4.84. The Kier molecular flexibility index (Phi) is 10.4. The molecule has 8 heteroatoms. The summed E-state index contributed by atoms with van der Waals surface area (Å²) in [7, 11) is 0. The largest absolute Gasteiger partial charge is 0.444 e. The van der Waals surface area contributed by atoms with Crippen molar-refractivity contribution in [1.29, 1.82) is 0 Å². The Balaban J connectivity index is 0.000000300. The summed E-state index contributed by atoms with van der Waals surface area (Å²) in [5, 5.41) is 24.3. The topological polar surface area (TPSA) is 117 Å². The average molecular weight is 431 g/mol. The maximum absolute atomic E-state index is 11.4. The van der Waals surface area contributed by atoms with Gasteiger partial charge in [0.05, 0.1) is 12.2 Å². The quantitative estimate of drug-likeness (QED) is 0.531. The van der Waals surface area contributed by atoms with E-state index in [0.29, 0.717) is 0 Å². The number of aliphatic hydroxyl groups excluding tert-OH is 2. The summed E-state index contributed by atoms with van der Waals surface area (Å²) in [6, 6.07) is 0.312. The smallest absolute Gasteiger partial charge is 0.407 e. The van der Waals surface area contributed by atoms with Gasteiger partial charge in [-0.1, -0.05) is 0 Å². The molecule has 0 aliphatic heterocycles. The highest BCUT2D eigenvalue weighted by Gasteiger charge is 2.24. The molecule has 176 valence electrons. The molecule has 2 fully saturated rings. The van der Waals surface area contributed by atoms with Gasteiger partial charge in [0.15, 0.2) is 0 Å². The number of hydrogen-bond acceptors (Lipinski definition) is 6. The molecule has 0 aromatic carbocycles. The van der Waals surface area contributed by atoms with Crippen molar-refractivity contribution < 1.29 is 29.3 Å². The van der Waals surface area contributed by atoms with Crippen molar-refractivity contribution in [2.24, 2.45) is 0 Å². The van der Waals surface area contributed by atoms with E-state index < -0.39 is 11.2 Å². The van der Waals surface area contributed by atoms with Crippen molar-refractivity contribution >= 4 is 12.2 Å². The second-order valence-corrected chi connectivity index (χ2v) is 10.3. The fraction of sp³-hybridized carbons (Fsp3) is 0.909. The van der Waals surface area contributed by atoms with Crippen molar-refractivity contribution in [2.75, 3.05) is 0 Å². The van der Waals surface area contributed by atoms with Gasteiger partial charge in [0.1, 0.15) is 11.2 Å². The van der Waals surface area contributed by atoms with E-state index in [4.69, 9.17) is 9.47 Å². The van der Waals surface area contributed by atoms with E-state index in [1.54, 1.807) is 0 Å². The molecule has 2 rings (SSSR count). The first-order chi connectivity index (χ1) is 13.7. The van der Waals surface area contributed by atoms with Gasteiger partial charge in [-0.2, -0.15) is 0 Å². The number of carbonyl (C=O) groups excluding carboxylic acids is 2. The summed E-state index contributed by atoms with van der Waals surface area (Å²) in [5.74, 6) is 0. The summed E-state index contributed by atoms with van der Waals surface area (Å²) in [5.41, 5.74) is -0.892. The fourth-order valence-electron chi connectivity index (χ4n) is 3.39. The number of nitrogens with one attached hydrogen (secondary N) is 2. The number of ether oxygens (including phenoxy) is 2. The molecule has 2 aliphatic rings. The first-order valence-electron chi connectivity index (χ1n) is 11.1. The number of alkyl carbamates (subject to hydrolysis) is 2. The zero-order chi connectivity index (χ0) is 22.9. The number of carbonyl (C=O) groups is 2. The third kappa shape index (κ3) is 12.9.